The fraction of sp³-hybridized carbons (Fsp3) is 0.316. The van der Waals surface area contributed by atoms with Gasteiger partial charge in [0.15, 0.2) is 6.61 Å². The standard InChI is InChI=1S/C19H23ClN2O4S/c1-4-22(5-2)27(24,25)15-10-11-18(14(3)12-15)26-13-19(23)21-17-9-7-6-8-16(17)20/h6-12H,4-5,13H2,1-3H3,(H,21,23). The highest BCUT2D eigenvalue weighted by Gasteiger charge is 2.22. The highest BCUT2D eigenvalue weighted by Crippen LogP contribution is 2.24. The third-order valence-electron chi connectivity index (χ3n) is 4.00. The second kappa shape index (κ2) is 9.21. The first-order valence-electron chi connectivity index (χ1n) is 8.57. The molecule has 0 heterocycles. The summed E-state index contributed by atoms with van der Waals surface area (Å²) in [5.74, 6) is 0.0881. The Labute approximate surface area is 165 Å². The number of nitrogens with one attached hydrogen (secondary N) is 1. The summed E-state index contributed by atoms with van der Waals surface area (Å²) in [5.41, 5.74) is 1.14. The number of anilines is 1. The third kappa shape index (κ3) is 5.22. The van der Waals surface area contributed by atoms with E-state index in [0.29, 0.717) is 35.1 Å². The number of carbonyl (C=O) groups excluding carboxylic acids is 1. The zero-order chi connectivity index (χ0) is 20.0. The van der Waals surface area contributed by atoms with Gasteiger partial charge < -0.3 is 10.1 Å². The van der Waals surface area contributed by atoms with Crippen molar-refractivity contribution in [2.45, 2.75) is 25.7 Å². The fourth-order valence-electron chi connectivity index (χ4n) is 2.55. The lowest BCUT2D eigenvalue weighted by atomic mass is 10.2. The molecule has 2 aromatic rings. The van der Waals surface area contributed by atoms with E-state index in [1.54, 1.807) is 57.2 Å². The van der Waals surface area contributed by atoms with Crippen LogP contribution in [0.1, 0.15) is 19.4 Å². The molecule has 0 fully saturated rings. The average molecular weight is 411 g/mol. The van der Waals surface area contributed by atoms with Crippen LogP contribution in [0.3, 0.4) is 0 Å². The van der Waals surface area contributed by atoms with Gasteiger partial charge in [0.05, 0.1) is 15.6 Å². The van der Waals surface area contributed by atoms with Crippen molar-refractivity contribution in [1.29, 1.82) is 0 Å². The molecule has 6 nitrogen and oxygen atoms in total. The van der Waals surface area contributed by atoms with Crippen LogP contribution in [-0.2, 0) is 14.8 Å². The Morgan fingerprint density at radius 2 is 1.81 bits per heavy atom. The SMILES string of the molecule is CCN(CC)S(=O)(=O)c1ccc(OCC(=O)Nc2ccccc2Cl)c(C)c1. The van der Waals surface area contributed by atoms with E-state index in [9.17, 15) is 13.2 Å². The van der Waals surface area contributed by atoms with Crippen molar-refractivity contribution in [1.82, 2.24) is 4.31 Å². The number of sulfonamides is 1. The number of ether oxygens (including phenoxy) is 1. The number of carbonyl (C=O) groups is 1. The highest BCUT2D eigenvalue weighted by molar-refractivity contribution is 7.89. The van der Waals surface area contributed by atoms with Crippen molar-refractivity contribution >= 4 is 33.2 Å². The molecule has 0 saturated carbocycles. The number of rotatable bonds is 8. The van der Waals surface area contributed by atoms with Crippen LogP contribution in [0.5, 0.6) is 5.75 Å². The number of para-hydroxylation sites is 1. The molecule has 0 radical (unpaired) electrons. The Morgan fingerprint density at radius 1 is 1.15 bits per heavy atom. The van der Waals surface area contributed by atoms with Gasteiger partial charge in [0.1, 0.15) is 5.75 Å². The minimum Gasteiger partial charge on any atom is -0.483 e. The number of benzene rings is 2. The number of hydrogen-bond donors (Lipinski definition) is 1. The molecule has 0 atom stereocenters. The second-order valence-electron chi connectivity index (χ2n) is 5.83. The van der Waals surface area contributed by atoms with Gasteiger partial charge in [0.25, 0.3) is 5.91 Å². The fourth-order valence-corrected chi connectivity index (χ4v) is 4.28. The highest BCUT2D eigenvalue weighted by atomic mass is 35.5. The molecule has 0 aliphatic heterocycles. The molecule has 0 spiro atoms. The van der Waals surface area contributed by atoms with Crippen molar-refractivity contribution in [3.8, 4) is 5.75 Å². The predicted octanol–water partition coefficient (Wildman–Crippen LogP) is 3.70. The normalized spacial score (nSPS) is 11.4. The van der Waals surface area contributed by atoms with Gasteiger partial charge >= 0.3 is 0 Å². The Balaban J connectivity index is 2.06. The van der Waals surface area contributed by atoms with Crippen LogP contribution in [0.15, 0.2) is 47.4 Å². The molecule has 1 N–H and O–H groups in total. The summed E-state index contributed by atoms with van der Waals surface area (Å²) in [6.45, 7) is 5.92. The second-order valence-corrected chi connectivity index (χ2v) is 8.18. The first-order chi connectivity index (χ1) is 12.8. The maximum absolute atomic E-state index is 12.6. The van der Waals surface area contributed by atoms with Gasteiger partial charge in [-0.25, -0.2) is 8.42 Å². The van der Waals surface area contributed by atoms with Crippen molar-refractivity contribution in [2.24, 2.45) is 0 Å². The van der Waals surface area contributed by atoms with Crippen LogP contribution >= 0.6 is 11.6 Å². The van der Waals surface area contributed by atoms with Crippen LogP contribution in [-0.4, -0.2) is 38.3 Å². The summed E-state index contributed by atoms with van der Waals surface area (Å²) >= 11 is 6.00. The Morgan fingerprint density at radius 3 is 2.41 bits per heavy atom. The maximum atomic E-state index is 12.6. The first kappa shape index (κ1) is 21.2. The van der Waals surface area contributed by atoms with Crippen molar-refractivity contribution in [3.63, 3.8) is 0 Å². The Kier molecular flexibility index (Phi) is 7.24. The van der Waals surface area contributed by atoms with E-state index in [0.717, 1.165) is 0 Å². The van der Waals surface area contributed by atoms with E-state index in [2.05, 4.69) is 5.32 Å². The van der Waals surface area contributed by atoms with E-state index in [4.69, 9.17) is 16.3 Å². The zero-order valence-corrected chi connectivity index (χ0v) is 17.1. The van der Waals surface area contributed by atoms with E-state index in [1.807, 2.05) is 0 Å². The minimum absolute atomic E-state index is 0.205. The summed E-state index contributed by atoms with van der Waals surface area (Å²) in [6, 6.07) is 11.5. The number of nitrogens with zero attached hydrogens (tertiary/aromatic N) is 1. The molecule has 1 amide bonds. The molecule has 0 aromatic heterocycles. The van der Waals surface area contributed by atoms with Gasteiger partial charge in [0, 0.05) is 13.1 Å². The Bertz CT molecular complexity index is 912. The smallest absolute Gasteiger partial charge is 0.262 e. The van der Waals surface area contributed by atoms with Gasteiger partial charge in [-0.3, -0.25) is 4.79 Å². The molecule has 0 saturated heterocycles. The van der Waals surface area contributed by atoms with Gasteiger partial charge in [-0.2, -0.15) is 4.31 Å². The summed E-state index contributed by atoms with van der Waals surface area (Å²) in [6.07, 6.45) is 0. The largest absolute Gasteiger partial charge is 0.483 e. The van der Waals surface area contributed by atoms with E-state index < -0.39 is 10.0 Å². The minimum atomic E-state index is -3.53. The lowest BCUT2D eigenvalue weighted by Crippen LogP contribution is -2.30. The molecule has 0 unspecified atom stereocenters. The summed E-state index contributed by atoms with van der Waals surface area (Å²) in [7, 11) is -3.53. The van der Waals surface area contributed by atoms with Crippen molar-refractivity contribution in [2.75, 3.05) is 25.0 Å². The van der Waals surface area contributed by atoms with E-state index in [1.165, 1.54) is 10.4 Å². The number of halogens is 1. The Hall–Kier alpha value is -2.09. The summed E-state index contributed by atoms with van der Waals surface area (Å²) in [4.78, 5) is 12.3. The monoisotopic (exact) mass is 410 g/mol. The van der Waals surface area contributed by atoms with Gasteiger partial charge in [-0.1, -0.05) is 37.6 Å². The number of aryl methyl sites for hydroxylation is 1. The molecule has 2 aromatic carbocycles. The molecule has 0 aliphatic rings. The van der Waals surface area contributed by atoms with Crippen LogP contribution in [0.2, 0.25) is 5.02 Å². The molecule has 0 bridgehead atoms. The number of hydrogen-bond acceptors (Lipinski definition) is 4. The molecular formula is C19H23ClN2O4S. The lowest BCUT2D eigenvalue weighted by molar-refractivity contribution is -0.118. The van der Waals surface area contributed by atoms with Gasteiger partial charge in [-0.05, 0) is 42.8 Å². The molecular weight excluding hydrogens is 388 g/mol. The van der Waals surface area contributed by atoms with Crippen LogP contribution in [0, 0.1) is 6.92 Å². The van der Waals surface area contributed by atoms with Crippen LogP contribution < -0.4 is 10.1 Å². The zero-order valence-electron chi connectivity index (χ0n) is 15.5. The van der Waals surface area contributed by atoms with Crippen LogP contribution in [0.25, 0.3) is 0 Å². The average Bonchev–Trinajstić information content (AvgIpc) is 2.63. The number of amides is 1. The first-order valence-corrected chi connectivity index (χ1v) is 10.4. The maximum Gasteiger partial charge on any atom is 0.262 e. The van der Waals surface area contributed by atoms with Crippen molar-refractivity contribution < 1.29 is 17.9 Å². The van der Waals surface area contributed by atoms with E-state index >= 15 is 0 Å². The molecule has 0 aliphatic carbocycles. The molecule has 27 heavy (non-hydrogen) atoms. The molecule has 2 rings (SSSR count). The molecule has 8 heteroatoms. The third-order valence-corrected chi connectivity index (χ3v) is 6.37. The summed E-state index contributed by atoms with van der Waals surface area (Å²) < 4.78 is 32.1. The summed E-state index contributed by atoms with van der Waals surface area (Å²) in [5, 5.41) is 3.11. The topological polar surface area (TPSA) is 75.7 Å². The van der Waals surface area contributed by atoms with Crippen molar-refractivity contribution in [3.05, 3.63) is 53.1 Å². The quantitative estimate of drug-likeness (QED) is 0.720. The van der Waals surface area contributed by atoms with Gasteiger partial charge in [0.2, 0.25) is 10.0 Å². The lowest BCUT2D eigenvalue weighted by Gasteiger charge is -2.19. The van der Waals surface area contributed by atoms with E-state index in [-0.39, 0.29) is 17.4 Å². The van der Waals surface area contributed by atoms with Crippen LogP contribution in [0.4, 0.5) is 5.69 Å². The predicted molar refractivity (Wildman–Crippen MR) is 107 cm³/mol. The molecule has 146 valence electrons. The van der Waals surface area contributed by atoms with Gasteiger partial charge in [-0.15, -0.1) is 0 Å².